The summed E-state index contributed by atoms with van der Waals surface area (Å²) in [6.45, 7) is -0.687. The van der Waals surface area contributed by atoms with E-state index in [9.17, 15) is 29.1 Å². The average molecular weight is 557 g/mol. The minimum atomic E-state index is -1.33. The van der Waals surface area contributed by atoms with Crippen molar-refractivity contribution in [3.05, 3.63) is 54.2 Å². The van der Waals surface area contributed by atoms with Gasteiger partial charge in [-0.2, -0.15) is 0 Å². The van der Waals surface area contributed by atoms with E-state index >= 15 is 0 Å². The molecule has 3 aromatic rings. The Hall–Kier alpha value is -4.76. The van der Waals surface area contributed by atoms with E-state index in [0.717, 1.165) is 10.9 Å². The van der Waals surface area contributed by atoms with Crippen LogP contribution in [0.25, 0.3) is 10.9 Å². The van der Waals surface area contributed by atoms with Gasteiger partial charge in [-0.3, -0.25) is 19.2 Å². The number of aliphatic hydroxyl groups excluding tert-OH is 1. The molecule has 4 amide bonds. The van der Waals surface area contributed by atoms with E-state index in [4.69, 9.17) is 16.6 Å². The summed E-state index contributed by atoms with van der Waals surface area (Å²) in [5.41, 5.74) is 12.6. The molecule has 0 saturated heterocycles. The number of aliphatic hydroxyl groups is 1. The molecule has 0 saturated carbocycles. The van der Waals surface area contributed by atoms with Gasteiger partial charge in [-0.15, -0.1) is 0 Å². The minimum Gasteiger partial charge on any atom is -0.480 e. The van der Waals surface area contributed by atoms with Crippen molar-refractivity contribution in [2.75, 3.05) is 6.61 Å². The van der Waals surface area contributed by atoms with Crippen molar-refractivity contribution in [2.24, 2.45) is 11.5 Å². The number of hydrogen-bond acceptors (Lipinski definition) is 8. The number of nitrogens with one attached hydrogen (secondary N) is 5. The van der Waals surface area contributed by atoms with Crippen molar-refractivity contribution < 1.29 is 34.2 Å². The molecule has 0 aliphatic rings. The number of aromatic nitrogens is 3. The molecule has 11 N–H and O–H groups in total. The van der Waals surface area contributed by atoms with Crippen LogP contribution in [0.5, 0.6) is 0 Å². The number of carboxylic acid groups (broad SMARTS) is 1. The molecule has 1 aromatic carbocycles. The second-order valence-electron chi connectivity index (χ2n) is 9.16. The lowest BCUT2D eigenvalue weighted by Gasteiger charge is -2.25. The number of H-pyrrole nitrogens is 2. The van der Waals surface area contributed by atoms with E-state index in [2.05, 4.69) is 30.9 Å². The predicted octanol–water partition coefficient (Wildman–Crippen LogP) is -2.20. The number of amides is 4. The maximum Gasteiger partial charge on any atom is 0.326 e. The fourth-order valence-electron chi connectivity index (χ4n) is 4.01. The highest BCUT2D eigenvalue weighted by atomic mass is 16.4. The zero-order chi connectivity index (χ0) is 29.2. The number of aromatic amines is 2. The number of benzene rings is 1. The first kappa shape index (κ1) is 29.8. The Kier molecular flexibility index (Phi) is 10.3. The lowest BCUT2D eigenvalue weighted by atomic mass is 10.0. The van der Waals surface area contributed by atoms with E-state index in [-0.39, 0.29) is 25.7 Å². The Morgan fingerprint density at radius 2 is 1.60 bits per heavy atom. The summed E-state index contributed by atoms with van der Waals surface area (Å²) in [6.07, 6.45) is 3.86. The molecule has 0 aliphatic carbocycles. The molecule has 15 nitrogen and oxygen atoms in total. The van der Waals surface area contributed by atoms with Crippen molar-refractivity contribution in [1.82, 2.24) is 30.9 Å². The van der Waals surface area contributed by atoms with Crippen molar-refractivity contribution in [2.45, 2.75) is 49.9 Å². The van der Waals surface area contributed by atoms with Crippen LogP contribution in [0, 0.1) is 0 Å². The van der Waals surface area contributed by atoms with Crippen LogP contribution >= 0.6 is 0 Å². The number of hydrogen-bond donors (Lipinski definition) is 9. The number of nitrogens with zero attached hydrogens (tertiary/aromatic N) is 1. The second kappa shape index (κ2) is 13.9. The van der Waals surface area contributed by atoms with Crippen molar-refractivity contribution in [3.8, 4) is 0 Å². The number of carbonyl (C=O) groups excluding carboxylic acids is 4. The fraction of sp³-hybridized carbons (Fsp3) is 0.360. The van der Waals surface area contributed by atoms with Crippen LogP contribution in [0.2, 0.25) is 0 Å². The van der Waals surface area contributed by atoms with Gasteiger partial charge >= 0.3 is 5.97 Å². The fourth-order valence-corrected chi connectivity index (χ4v) is 4.01. The summed E-state index contributed by atoms with van der Waals surface area (Å²) >= 11 is 0. The van der Waals surface area contributed by atoms with Crippen LogP contribution in [-0.2, 0) is 36.8 Å². The normalized spacial score (nSPS) is 14.1. The molecule has 4 unspecified atom stereocenters. The van der Waals surface area contributed by atoms with Gasteiger partial charge in [0.15, 0.2) is 0 Å². The van der Waals surface area contributed by atoms with Crippen molar-refractivity contribution in [3.63, 3.8) is 0 Å². The molecule has 0 fully saturated rings. The Morgan fingerprint density at radius 3 is 2.25 bits per heavy atom. The summed E-state index contributed by atoms with van der Waals surface area (Å²) in [7, 11) is 0. The number of carbonyl (C=O) groups is 5. The van der Waals surface area contributed by atoms with E-state index in [1.807, 2.05) is 24.3 Å². The molecule has 2 heterocycles. The quantitative estimate of drug-likeness (QED) is 0.0982. The van der Waals surface area contributed by atoms with Crippen LogP contribution < -0.4 is 27.4 Å². The summed E-state index contributed by atoms with van der Waals surface area (Å²) in [4.78, 5) is 71.9. The lowest BCUT2D eigenvalue weighted by molar-refractivity contribution is -0.142. The second-order valence-corrected chi connectivity index (χ2v) is 9.16. The molecule has 0 aliphatic heterocycles. The zero-order valence-electron chi connectivity index (χ0n) is 21.4. The Balaban J connectivity index is 1.79. The Bertz CT molecular complexity index is 1340. The van der Waals surface area contributed by atoms with Gasteiger partial charge in [-0.1, -0.05) is 18.2 Å². The summed E-state index contributed by atoms with van der Waals surface area (Å²) in [6, 6.07) is 2.03. The largest absolute Gasteiger partial charge is 0.480 e. The third kappa shape index (κ3) is 8.12. The zero-order valence-corrected chi connectivity index (χ0v) is 21.4. The third-order valence-corrected chi connectivity index (χ3v) is 6.17. The highest BCUT2D eigenvalue weighted by Crippen LogP contribution is 2.19. The van der Waals surface area contributed by atoms with Gasteiger partial charge in [0.05, 0.1) is 12.9 Å². The van der Waals surface area contributed by atoms with Gasteiger partial charge < -0.3 is 47.6 Å². The maximum absolute atomic E-state index is 13.3. The highest BCUT2D eigenvalue weighted by Gasteiger charge is 2.31. The SMILES string of the molecule is NC(=O)CCC(NC(=O)C(N)CO)C(=O)NC(Cc1cnc[nH]1)C(=O)NC(Cc1c[nH]c2ccccc12)C(=O)O. The average Bonchev–Trinajstić information content (AvgIpc) is 3.59. The molecule has 214 valence electrons. The van der Waals surface area contributed by atoms with Crippen molar-refractivity contribution in [1.29, 1.82) is 0 Å². The first-order chi connectivity index (χ1) is 19.1. The molecule has 2 aromatic heterocycles. The van der Waals surface area contributed by atoms with Crippen LogP contribution in [0.3, 0.4) is 0 Å². The van der Waals surface area contributed by atoms with Crippen LogP contribution in [0.4, 0.5) is 0 Å². The molecule has 3 rings (SSSR count). The van der Waals surface area contributed by atoms with Gasteiger partial charge in [0, 0.05) is 48.3 Å². The summed E-state index contributed by atoms with van der Waals surface area (Å²) < 4.78 is 0. The lowest BCUT2D eigenvalue weighted by Crippen LogP contribution is -2.58. The Labute approximate surface area is 228 Å². The van der Waals surface area contributed by atoms with Crippen LogP contribution in [0.15, 0.2) is 43.0 Å². The van der Waals surface area contributed by atoms with Crippen molar-refractivity contribution >= 4 is 40.5 Å². The number of carboxylic acids is 1. The summed E-state index contributed by atoms with van der Waals surface area (Å²) in [5, 5.41) is 27.1. The number of primary amides is 1. The molecule has 0 bridgehead atoms. The van der Waals surface area contributed by atoms with E-state index in [1.54, 1.807) is 6.20 Å². The topological polar surface area (TPSA) is 258 Å². The maximum atomic E-state index is 13.3. The van der Waals surface area contributed by atoms with Gasteiger partial charge in [-0.25, -0.2) is 9.78 Å². The first-order valence-electron chi connectivity index (χ1n) is 12.4. The third-order valence-electron chi connectivity index (χ3n) is 6.17. The summed E-state index contributed by atoms with van der Waals surface area (Å²) in [5.74, 6) is -4.52. The molecule has 40 heavy (non-hydrogen) atoms. The number of para-hydroxylation sites is 1. The minimum absolute atomic E-state index is 0.0356. The first-order valence-corrected chi connectivity index (χ1v) is 12.4. The van der Waals surface area contributed by atoms with E-state index < -0.39 is 60.4 Å². The van der Waals surface area contributed by atoms with Gasteiger partial charge in [0.1, 0.15) is 24.2 Å². The molecule has 0 spiro atoms. The number of imidazole rings is 1. The standard InChI is InChI=1S/C25H32N8O7/c26-16(11-34)22(36)31-18(5-6-21(27)35)23(37)32-19(8-14-10-28-12-30-14)24(38)33-20(25(39)40)7-13-9-29-17-4-2-1-3-15(13)17/h1-4,9-10,12,16,18-20,29,34H,5-8,11,26H2,(H2,27,35)(H,28,30)(H,31,36)(H,32,37)(H,33,38)(H,39,40). The predicted molar refractivity (Wildman–Crippen MR) is 141 cm³/mol. The van der Waals surface area contributed by atoms with E-state index in [0.29, 0.717) is 11.3 Å². The molecule has 15 heteroatoms. The number of rotatable bonds is 15. The van der Waals surface area contributed by atoms with Crippen LogP contribution in [-0.4, -0.2) is 85.5 Å². The molecule has 0 radical (unpaired) electrons. The number of nitrogens with two attached hydrogens (primary N) is 2. The number of fused-ring (bicyclic) bond motifs is 1. The highest BCUT2D eigenvalue weighted by molar-refractivity contribution is 5.94. The van der Waals surface area contributed by atoms with Gasteiger partial charge in [0.2, 0.25) is 23.6 Å². The Morgan fingerprint density at radius 1 is 0.925 bits per heavy atom. The van der Waals surface area contributed by atoms with Crippen LogP contribution in [0.1, 0.15) is 24.1 Å². The molecular formula is C25H32N8O7. The van der Waals surface area contributed by atoms with E-state index in [1.165, 1.54) is 12.5 Å². The van der Waals surface area contributed by atoms with Gasteiger partial charge in [-0.05, 0) is 18.1 Å². The molecule has 4 atom stereocenters. The van der Waals surface area contributed by atoms with Gasteiger partial charge in [0.25, 0.3) is 0 Å². The monoisotopic (exact) mass is 556 g/mol. The number of aliphatic carboxylic acids is 1. The molecular weight excluding hydrogens is 524 g/mol. The smallest absolute Gasteiger partial charge is 0.326 e.